The van der Waals surface area contributed by atoms with E-state index in [2.05, 4.69) is 5.32 Å². The molecule has 138 valence electrons. The Labute approximate surface area is 144 Å². The SMILES string of the molecule is CC1(C)CS(=O)(=O)CCN1CC(=O)NC1CCC2(CC1)OCCO2. The van der Waals surface area contributed by atoms with Crippen LogP contribution in [0, 0.1) is 0 Å². The summed E-state index contributed by atoms with van der Waals surface area (Å²) in [7, 11) is -3.00. The fraction of sp³-hybridized carbons (Fsp3) is 0.938. The molecule has 0 bridgehead atoms. The quantitative estimate of drug-likeness (QED) is 0.779. The first-order valence-corrected chi connectivity index (χ1v) is 10.5. The average Bonchev–Trinajstić information content (AvgIpc) is 2.92. The van der Waals surface area contributed by atoms with E-state index in [0.29, 0.717) is 19.8 Å². The number of sulfone groups is 1. The highest BCUT2D eigenvalue weighted by atomic mass is 32.2. The number of carbonyl (C=O) groups is 1. The van der Waals surface area contributed by atoms with Gasteiger partial charge in [0.25, 0.3) is 0 Å². The lowest BCUT2D eigenvalue weighted by atomic mass is 9.90. The number of rotatable bonds is 3. The zero-order valence-electron chi connectivity index (χ0n) is 14.5. The van der Waals surface area contributed by atoms with Gasteiger partial charge < -0.3 is 14.8 Å². The van der Waals surface area contributed by atoms with Gasteiger partial charge in [0.15, 0.2) is 15.6 Å². The van der Waals surface area contributed by atoms with Gasteiger partial charge in [-0.3, -0.25) is 9.69 Å². The van der Waals surface area contributed by atoms with Gasteiger partial charge in [-0.15, -0.1) is 0 Å². The van der Waals surface area contributed by atoms with Crippen LogP contribution in [0.15, 0.2) is 0 Å². The van der Waals surface area contributed by atoms with Gasteiger partial charge in [0.1, 0.15) is 0 Å². The fourth-order valence-corrected chi connectivity index (χ4v) is 5.88. The Balaban J connectivity index is 1.48. The number of nitrogens with zero attached hydrogens (tertiary/aromatic N) is 1. The van der Waals surface area contributed by atoms with Gasteiger partial charge in [0.05, 0.1) is 31.3 Å². The highest BCUT2D eigenvalue weighted by molar-refractivity contribution is 7.91. The number of hydrogen-bond donors (Lipinski definition) is 1. The Bertz CT molecular complexity index is 573. The van der Waals surface area contributed by atoms with Crippen molar-refractivity contribution >= 4 is 15.7 Å². The van der Waals surface area contributed by atoms with Crippen LogP contribution in [-0.4, -0.2) is 74.4 Å². The van der Waals surface area contributed by atoms with Crippen LogP contribution in [0.3, 0.4) is 0 Å². The maximum Gasteiger partial charge on any atom is 0.234 e. The zero-order chi connectivity index (χ0) is 17.4. The van der Waals surface area contributed by atoms with Crippen molar-refractivity contribution in [2.45, 2.75) is 56.9 Å². The van der Waals surface area contributed by atoms with E-state index in [0.717, 1.165) is 25.7 Å². The van der Waals surface area contributed by atoms with E-state index in [1.54, 1.807) is 0 Å². The molecule has 0 unspecified atom stereocenters. The van der Waals surface area contributed by atoms with E-state index < -0.39 is 21.2 Å². The Morgan fingerprint density at radius 1 is 1.21 bits per heavy atom. The Hall–Kier alpha value is -0.700. The molecule has 1 spiro atoms. The van der Waals surface area contributed by atoms with Crippen LogP contribution < -0.4 is 5.32 Å². The summed E-state index contributed by atoms with van der Waals surface area (Å²) in [4.78, 5) is 14.3. The molecular weight excluding hydrogens is 332 g/mol. The van der Waals surface area contributed by atoms with Crippen molar-refractivity contribution in [3.63, 3.8) is 0 Å². The van der Waals surface area contributed by atoms with E-state index in [9.17, 15) is 13.2 Å². The number of hydrogen-bond acceptors (Lipinski definition) is 6. The zero-order valence-corrected chi connectivity index (χ0v) is 15.4. The van der Waals surface area contributed by atoms with E-state index in [1.807, 2.05) is 18.7 Å². The maximum absolute atomic E-state index is 12.4. The summed E-state index contributed by atoms with van der Waals surface area (Å²) in [5, 5.41) is 3.09. The lowest BCUT2D eigenvalue weighted by Gasteiger charge is -2.42. The predicted octanol–water partition coefficient (Wildman–Crippen LogP) is 0.297. The lowest BCUT2D eigenvalue weighted by molar-refractivity contribution is -0.180. The van der Waals surface area contributed by atoms with E-state index in [1.165, 1.54) is 0 Å². The molecule has 2 aliphatic heterocycles. The number of nitrogens with one attached hydrogen (secondary N) is 1. The van der Waals surface area contributed by atoms with Crippen molar-refractivity contribution in [1.82, 2.24) is 10.2 Å². The largest absolute Gasteiger partial charge is 0.352 e. The van der Waals surface area contributed by atoms with Crippen LogP contribution in [0.1, 0.15) is 39.5 Å². The molecule has 1 amide bonds. The van der Waals surface area contributed by atoms with Gasteiger partial charge in [-0.05, 0) is 26.7 Å². The normalized spacial score (nSPS) is 29.6. The summed E-state index contributed by atoms with van der Waals surface area (Å²) in [6, 6.07) is 0.146. The molecule has 0 atom stereocenters. The predicted molar refractivity (Wildman–Crippen MR) is 89.3 cm³/mol. The van der Waals surface area contributed by atoms with E-state index >= 15 is 0 Å². The molecule has 0 aromatic carbocycles. The summed E-state index contributed by atoms with van der Waals surface area (Å²) in [5.41, 5.74) is -0.503. The van der Waals surface area contributed by atoms with Crippen molar-refractivity contribution in [3.8, 4) is 0 Å². The highest BCUT2D eigenvalue weighted by Crippen LogP contribution is 2.35. The first kappa shape index (κ1) is 18.1. The smallest absolute Gasteiger partial charge is 0.234 e. The number of carbonyl (C=O) groups excluding carboxylic acids is 1. The Morgan fingerprint density at radius 2 is 1.83 bits per heavy atom. The second-order valence-electron chi connectivity index (χ2n) is 7.78. The molecule has 0 aromatic heterocycles. The van der Waals surface area contributed by atoms with E-state index in [4.69, 9.17) is 9.47 Å². The average molecular weight is 360 g/mol. The summed E-state index contributed by atoms with van der Waals surface area (Å²) < 4.78 is 35.0. The van der Waals surface area contributed by atoms with Gasteiger partial charge in [0.2, 0.25) is 5.91 Å². The standard InChI is InChI=1S/C16H28N2O5S/c1-15(2)12-24(20,21)10-7-18(15)11-14(19)17-13-3-5-16(6-4-13)22-8-9-23-16/h13H,3-12H2,1-2H3,(H,17,19). The van der Waals surface area contributed by atoms with Crippen molar-refractivity contribution in [1.29, 1.82) is 0 Å². The van der Waals surface area contributed by atoms with Crippen LogP contribution in [0.25, 0.3) is 0 Å². The maximum atomic E-state index is 12.4. The molecular formula is C16H28N2O5S. The van der Waals surface area contributed by atoms with E-state index in [-0.39, 0.29) is 30.0 Å². The minimum atomic E-state index is -3.00. The lowest BCUT2D eigenvalue weighted by Crippen LogP contribution is -2.58. The minimum absolute atomic E-state index is 0.0309. The van der Waals surface area contributed by atoms with Crippen LogP contribution in [0.2, 0.25) is 0 Å². The van der Waals surface area contributed by atoms with Crippen LogP contribution in [0.4, 0.5) is 0 Å². The van der Waals surface area contributed by atoms with Gasteiger partial charge in [0, 0.05) is 31.0 Å². The van der Waals surface area contributed by atoms with Crippen molar-refractivity contribution in [2.24, 2.45) is 0 Å². The molecule has 1 N–H and O–H groups in total. The number of amides is 1. The Morgan fingerprint density at radius 3 is 2.42 bits per heavy atom. The summed E-state index contributed by atoms with van der Waals surface area (Å²) >= 11 is 0. The van der Waals surface area contributed by atoms with Crippen LogP contribution >= 0.6 is 0 Å². The fourth-order valence-electron chi connectivity index (χ4n) is 3.98. The molecule has 3 rings (SSSR count). The molecule has 7 nitrogen and oxygen atoms in total. The first-order valence-electron chi connectivity index (χ1n) is 8.73. The molecule has 8 heteroatoms. The molecule has 2 heterocycles. The first-order chi connectivity index (χ1) is 11.2. The van der Waals surface area contributed by atoms with Gasteiger partial charge >= 0.3 is 0 Å². The van der Waals surface area contributed by atoms with Gasteiger partial charge in [-0.2, -0.15) is 0 Å². The summed E-state index contributed by atoms with van der Waals surface area (Å²) in [6.07, 6.45) is 3.32. The topological polar surface area (TPSA) is 84.9 Å². The molecule has 0 aromatic rings. The van der Waals surface area contributed by atoms with Crippen LogP contribution in [0.5, 0.6) is 0 Å². The monoisotopic (exact) mass is 360 g/mol. The Kier molecular flexibility index (Phi) is 4.94. The number of ether oxygens (including phenoxy) is 2. The molecule has 3 aliphatic rings. The third-order valence-electron chi connectivity index (χ3n) is 5.36. The van der Waals surface area contributed by atoms with Gasteiger partial charge in [-0.25, -0.2) is 8.42 Å². The summed E-state index contributed by atoms with van der Waals surface area (Å²) in [6.45, 7) is 5.75. The second kappa shape index (κ2) is 6.55. The molecule has 24 heavy (non-hydrogen) atoms. The third kappa shape index (κ3) is 4.09. The second-order valence-corrected chi connectivity index (χ2v) is 9.96. The molecule has 3 fully saturated rings. The van der Waals surface area contributed by atoms with Crippen molar-refractivity contribution in [2.75, 3.05) is 37.8 Å². The molecule has 1 aliphatic carbocycles. The van der Waals surface area contributed by atoms with Crippen molar-refractivity contribution in [3.05, 3.63) is 0 Å². The highest BCUT2D eigenvalue weighted by Gasteiger charge is 2.41. The molecule has 0 radical (unpaired) electrons. The third-order valence-corrected chi connectivity index (χ3v) is 7.31. The van der Waals surface area contributed by atoms with Crippen LogP contribution in [-0.2, 0) is 24.1 Å². The minimum Gasteiger partial charge on any atom is -0.352 e. The summed E-state index contributed by atoms with van der Waals surface area (Å²) in [5.74, 6) is -0.209. The van der Waals surface area contributed by atoms with Gasteiger partial charge in [-0.1, -0.05) is 0 Å². The molecule has 1 saturated carbocycles. The van der Waals surface area contributed by atoms with Crippen molar-refractivity contribution < 1.29 is 22.7 Å². The molecule has 2 saturated heterocycles.